The van der Waals surface area contributed by atoms with E-state index >= 15 is 0 Å². The minimum Gasteiger partial charge on any atom is -0.372 e. The van der Waals surface area contributed by atoms with Crippen LogP contribution in [0.5, 0.6) is 0 Å². The normalized spacial score (nSPS) is 10.4. The number of hydrogen-bond donors (Lipinski definition) is 2. The summed E-state index contributed by atoms with van der Waals surface area (Å²) in [6, 6.07) is 15.1. The van der Waals surface area contributed by atoms with Crippen LogP contribution in [0.3, 0.4) is 0 Å². The summed E-state index contributed by atoms with van der Waals surface area (Å²) in [5, 5.41) is 6.46. The predicted molar refractivity (Wildman–Crippen MR) is 115 cm³/mol. The number of carbonyl (C=O) groups excluding carboxylic acids is 1. The van der Waals surface area contributed by atoms with Gasteiger partial charge in [-0.3, -0.25) is 4.79 Å². The summed E-state index contributed by atoms with van der Waals surface area (Å²) < 4.78 is 0. The van der Waals surface area contributed by atoms with E-state index in [1.165, 1.54) is 12.4 Å². The Bertz CT molecular complexity index is 924. The number of benzene rings is 2. The van der Waals surface area contributed by atoms with Crippen molar-refractivity contribution in [2.24, 2.45) is 0 Å². The monoisotopic (exact) mass is 395 g/mol. The lowest BCUT2D eigenvalue weighted by Crippen LogP contribution is -2.21. The number of nitrogens with one attached hydrogen (secondary N) is 2. The molecule has 0 unspecified atom stereocenters. The third-order valence-corrected chi connectivity index (χ3v) is 4.62. The maximum Gasteiger partial charge on any atom is 0.258 e. The number of rotatable bonds is 7. The van der Waals surface area contributed by atoms with Crippen LogP contribution in [0.15, 0.2) is 60.9 Å². The Labute approximate surface area is 169 Å². The average molecular weight is 396 g/mol. The van der Waals surface area contributed by atoms with Crippen LogP contribution in [-0.4, -0.2) is 29.0 Å². The lowest BCUT2D eigenvalue weighted by atomic mass is 10.2. The number of carbonyl (C=O) groups is 1. The van der Waals surface area contributed by atoms with Gasteiger partial charge in [-0.25, -0.2) is 9.97 Å². The van der Waals surface area contributed by atoms with E-state index in [0.29, 0.717) is 22.2 Å². The molecule has 7 heteroatoms. The third-order valence-electron chi connectivity index (χ3n) is 4.29. The second-order valence-electron chi connectivity index (χ2n) is 6.07. The van der Waals surface area contributed by atoms with Crippen molar-refractivity contribution in [2.75, 3.05) is 28.6 Å². The molecule has 28 heavy (non-hydrogen) atoms. The summed E-state index contributed by atoms with van der Waals surface area (Å²) in [5.74, 6) is 0.105. The standard InChI is InChI=1S/C21H22ClN5O/c1-3-27(4-2)17-11-9-16(10-12-17)25-20(28)15-13-23-21(24-14-15)26-19-8-6-5-7-18(19)22/h5-14H,3-4H2,1-2H3,(H,25,28)(H,23,24,26). The molecule has 0 radical (unpaired) electrons. The summed E-state index contributed by atoms with van der Waals surface area (Å²) in [5.41, 5.74) is 2.92. The van der Waals surface area contributed by atoms with Crippen LogP contribution < -0.4 is 15.5 Å². The first-order valence-electron chi connectivity index (χ1n) is 9.10. The first-order chi connectivity index (χ1) is 13.6. The van der Waals surface area contributed by atoms with E-state index in [0.717, 1.165) is 24.5 Å². The number of aromatic nitrogens is 2. The molecule has 1 amide bonds. The fourth-order valence-electron chi connectivity index (χ4n) is 2.74. The van der Waals surface area contributed by atoms with Crippen LogP contribution in [0.4, 0.5) is 23.0 Å². The summed E-state index contributed by atoms with van der Waals surface area (Å²) in [4.78, 5) is 23.0. The highest BCUT2D eigenvalue weighted by Gasteiger charge is 2.09. The highest BCUT2D eigenvalue weighted by Crippen LogP contribution is 2.23. The number of anilines is 4. The van der Waals surface area contributed by atoms with Crippen molar-refractivity contribution in [3.8, 4) is 0 Å². The number of para-hydroxylation sites is 1. The van der Waals surface area contributed by atoms with Gasteiger partial charge < -0.3 is 15.5 Å². The van der Waals surface area contributed by atoms with Crippen molar-refractivity contribution in [2.45, 2.75) is 13.8 Å². The summed E-state index contributed by atoms with van der Waals surface area (Å²) in [7, 11) is 0. The molecule has 0 fully saturated rings. The van der Waals surface area contributed by atoms with Gasteiger partial charge in [0.1, 0.15) is 0 Å². The van der Waals surface area contributed by atoms with Crippen LogP contribution in [0, 0.1) is 0 Å². The molecule has 2 aromatic carbocycles. The molecule has 0 saturated carbocycles. The van der Waals surface area contributed by atoms with Crippen LogP contribution in [0.2, 0.25) is 5.02 Å². The van der Waals surface area contributed by atoms with E-state index in [-0.39, 0.29) is 5.91 Å². The molecule has 0 atom stereocenters. The van der Waals surface area contributed by atoms with Crippen molar-refractivity contribution in [1.29, 1.82) is 0 Å². The minimum absolute atomic E-state index is 0.264. The van der Waals surface area contributed by atoms with Gasteiger partial charge in [0.15, 0.2) is 0 Å². The van der Waals surface area contributed by atoms with Gasteiger partial charge in [0.05, 0.1) is 16.3 Å². The smallest absolute Gasteiger partial charge is 0.258 e. The van der Waals surface area contributed by atoms with Gasteiger partial charge in [-0.2, -0.15) is 0 Å². The van der Waals surface area contributed by atoms with E-state index in [2.05, 4.69) is 39.3 Å². The van der Waals surface area contributed by atoms with Crippen molar-refractivity contribution in [3.63, 3.8) is 0 Å². The Balaban J connectivity index is 1.64. The Morgan fingerprint density at radius 3 is 2.25 bits per heavy atom. The Morgan fingerprint density at radius 1 is 1.00 bits per heavy atom. The molecule has 3 rings (SSSR count). The maximum atomic E-state index is 12.4. The molecule has 1 heterocycles. The van der Waals surface area contributed by atoms with Crippen molar-refractivity contribution >= 4 is 40.5 Å². The molecule has 1 aromatic heterocycles. The van der Waals surface area contributed by atoms with Gasteiger partial charge in [0.2, 0.25) is 5.95 Å². The first-order valence-corrected chi connectivity index (χ1v) is 9.48. The van der Waals surface area contributed by atoms with E-state index < -0.39 is 0 Å². The number of halogens is 1. The molecule has 0 bridgehead atoms. The van der Waals surface area contributed by atoms with Gasteiger partial charge in [-0.05, 0) is 50.2 Å². The highest BCUT2D eigenvalue weighted by molar-refractivity contribution is 6.33. The van der Waals surface area contributed by atoms with Crippen molar-refractivity contribution in [3.05, 3.63) is 71.5 Å². The van der Waals surface area contributed by atoms with E-state index in [1.54, 1.807) is 6.07 Å². The lowest BCUT2D eigenvalue weighted by Gasteiger charge is -2.21. The second-order valence-corrected chi connectivity index (χ2v) is 6.48. The van der Waals surface area contributed by atoms with Gasteiger partial charge in [-0.15, -0.1) is 0 Å². The second kappa shape index (κ2) is 9.19. The summed E-state index contributed by atoms with van der Waals surface area (Å²) in [6.45, 7) is 6.11. The van der Waals surface area contributed by atoms with Gasteiger partial charge in [0.25, 0.3) is 5.91 Å². The van der Waals surface area contributed by atoms with Crippen LogP contribution in [0.1, 0.15) is 24.2 Å². The summed E-state index contributed by atoms with van der Waals surface area (Å²) >= 11 is 6.11. The fraction of sp³-hybridized carbons (Fsp3) is 0.190. The molecular weight excluding hydrogens is 374 g/mol. The predicted octanol–water partition coefficient (Wildman–Crippen LogP) is 4.97. The molecule has 6 nitrogen and oxygen atoms in total. The highest BCUT2D eigenvalue weighted by atomic mass is 35.5. The van der Waals surface area contributed by atoms with Gasteiger partial charge in [0, 0.05) is 36.9 Å². The van der Waals surface area contributed by atoms with Crippen LogP contribution in [-0.2, 0) is 0 Å². The Morgan fingerprint density at radius 2 is 1.64 bits per heavy atom. The van der Waals surface area contributed by atoms with Gasteiger partial charge in [-0.1, -0.05) is 23.7 Å². The topological polar surface area (TPSA) is 70.2 Å². The zero-order valence-electron chi connectivity index (χ0n) is 15.8. The first kappa shape index (κ1) is 19.6. The molecule has 0 spiro atoms. The molecule has 2 N–H and O–H groups in total. The Kier molecular flexibility index (Phi) is 6.45. The molecule has 0 aliphatic carbocycles. The van der Waals surface area contributed by atoms with Gasteiger partial charge >= 0.3 is 0 Å². The summed E-state index contributed by atoms with van der Waals surface area (Å²) in [6.07, 6.45) is 2.96. The fourth-order valence-corrected chi connectivity index (χ4v) is 2.92. The van der Waals surface area contributed by atoms with Crippen LogP contribution in [0.25, 0.3) is 0 Å². The number of hydrogen-bond acceptors (Lipinski definition) is 5. The molecule has 0 aliphatic heterocycles. The molecule has 0 aliphatic rings. The zero-order valence-corrected chi connectivity index (χ0v) is 16.6. The quantitative estimate of drug-likeness (QED) is 0.590. The number of amides is 1. The lowest BCUT2D eigenvalue weighted by molar-refractivity contribution is 0.102. The largest absolute Gasteiger partial charge is 0.372 e. The molecular formula is C21H22ClN5O. The molecule has 144 valence electrons. The van der Waals surface area contributed by atoms with E-state index in [4.69, 9.17) is 11.6 Å². The number of nitrogens with zero attached hydrogens (tertiary/aromatic N) is 3. The average Bonchev–Trinajstić information content (AvgIpc) is 2.72. The van der Waals surface area contributed by atoms with Crippen molar-refractivity contribution < 1.29 is 4.79 Å². The Hall–Kier alpha value is -3.12. The maximum absolute atomic E-state index is 12.4. The van der Waals surface area contributed by atoms with E-state index in [9.17, 15) is 4.79 Å². The zero-order chi connectivity index (χ0) is 19.9. The van der Waals surface area contributed by atoms with E-state index in [1.807, 2.05) is 42.5 Å². The molecule has 3 aromatic rings. The van der Waals surface area contributed by atoms with Crippen molar-refractivity contribution in [1.82, 2.24) is 9.97 Å². The molecule has 0 saturated heterocycles. The minimum atomic E-state index is -0.264. The SMILES string of the molecule is CCN(CC)c1ccc(NC(=O)c2cnc(Nc3ccccc3Cl)nc2)cc1. The van der Waals surface area contributed by atoms with Crippen LogP contribution >= 0.6 is 11.6 Å². The third kappa shape index (κ3) is 4.78.